The molecule has 1 aromatic carbocycles. The molecule has 0 spiro atoms. The van der Waals surface area contributed by atoms with Crippen molar-refractivity contribution in [3.63, 3.8) is 0 Å². The predicted octanol–water partition coefficient (Wildman–Crippen LogP) is 6.70. The maximum absolute atomic E-state index is 6.09. The Hall–Kier alpha value is 0.420. The van der Waals surface area contributed by atoms with Crippen molar-refractivity contribution in [1.29, 1.82) is 0 Å². The van der Waals surface area contributed by atoms with E-state index in [0.717, 1.165) is 3.39 Å². The molecular weight excluding hydrogens is 478 g/mol. The molecule has 110 valence electrons. The average Bonchev–Trinajstić information content (AvgIpc) is 2.32. The second kappa shape index (κ2) is 9.44. The Morgan fingerprint density at radius 3 is 2.05 bits per heavy atom. The molecule has 0 aliphatic heterocycles. The van der Waals surface area contributed by atoms with Gasteiger partial charge in [0.25, 0.3) is 0 Å². The van der Waals surface area contributed by atoms with E-state index < -0.39 is 0 Å². The Bertz CT molecular complexity index is 501. The SMILES string of the molecule is ClC(Cl)=CCOc1cc(Cl)c(OCC=C(Br)Br)c(Cl)c1. The van der Waals surface area contributed by atoms with Crippen molar-refractivity contribution in [1.82, 2.24) is 0 Å². The molecule has 2 nitrogen and oxygen atoms in total. The minimum atomic E-state index is 0.134. The Balaban J connectivity index is 2.75. The quantitative estimate of drug-likeness (QED) is 0.446. The first-order valence-corrected chi connectivity index (χ1v) is 8.27. The minimum Gasteiger partial charge on any atom is -0.489 e. The van der Waals surface area contributed by atoms with E-state index >= 15 is 0 Å². The number of rotatable bonds is 6. The molecule has 0 unspecified atom stereocenters. The van der Waals surface area contributed by atoms with Crippen molar-refractivity contribution >= 4 is 78.3 Å². The van der Waals surface area contributed by atoms with Gasteiger partial charge in [0.05, 0.1) is 13.4 Å². The Labute approximate surface area is 153 Å². The molecular formula is C12H8Br2Cl4O2. The van der Waals surface area contributed by atoms with E-state index in [0.29, 0.717) is 28.2 Å². The topological polar surface area (TPSA) is 18.5 Å². The third-order valence-electron chi connectivity index (χ3n) is 1.92. The van der Waals surface area contributed by atoms with E-state index in [9.17, 15) is 0 Å². The van der Waals surface area contributed by atoms with Gasteiger partial charge in [-0.05, 0) is 44.0 Å². The maximum atomic E-state index is 6.09. The van der Waals surface area contributed by atoms with Crippen LogP contribution < -0.4 is 9.47 Å². The fourth-order valence-electron chi connectivity index (χ4n) is 1.15. The van der Waals surface area contributed by atoms with Crippen molar-refractivity contribution in [2.75, 3.05) is 13.2 Å². The van der Waals surface area contributed by atoms with E-state index in [2.05, 4.69) is 31.9 Å². The normalized spacial score (nSPS) is 9.90. The van der Waals surface area contributed by atoms with Gasteiger partial charge in [-0.1, -0.05) is 46.4 Å². The predicted molar refractivity (Wildman–Crippen MR) is 93.2 cm³/mol. The van der Waals surface area contributed by atoms with Crippen LogP contribution in [0.5, 0.6) is 11.5 Å². The first-order chi connectivity index (χ1) is 9.40. The molecule has 0 saturated carbocycles. The first-order valence-electron chi connectivity index (χ1n) is 5.17. The molecule has 1 aromatic rings. The lowest BCUT2D eigenvalue weighted by Gasteiger charge is -2.11. The third kappa shape index (κ3) is 6.92. The summed E-state index contributed by atoms with van der Waals surface area (Å²) < 4.78 is 11.8. The molecule has 0 N–H and O–H groups in total. The molecule has 20 heavy (non-hydrogen) atoms. The van der Waals surface area contributed by atoms with Crippen molar-refractivity contribution in [3.05, 3.63) is 42.2 Å². The third-order valence-corrected chi connectivity index (χ3v) is 3.44. The lowest BCUT2D eigenvalue weighted by atomic mass is 10.3. The van der Waals surface area contributed by atoms with Gasteiger partial charge in [0.15, 0.2) is 5.75 Å². The largest absolute Gasteiger partial charge is 0.489 e. The number of hydrogen-bond acceptors (Lipinski definition) is 2. The molecule has 0 radical (unpaired) electrons. The summed E-state index contributed by atoms with van der Waals surface area (Å²) in [5, 5.41) is 0.708. The van der Waals surface area contributed by atoms with E-state index in [4.69, 9.17) is 55.9 Å². The highest BCUT2D eigenvalue weighted by Gasteiger charge is 2.10. The molecule has 0 bridgehead atoms. The molecule has 0 fully saturated rings. The zero-order valence-electron chi connectivity index (χ0n) is 9.81. The average molecular weight is 486 g/mol. The van der Waals surface area contributed by atoms with Gasteiger partial charge in [-0.25, -0.2) is 0 Å². The lowest BCUT2D eigenvalue weighted by Crippen LogP contribution is -1.97. The standard InChI is InChI=1S/C12H8Br2Cl4O2/c13-10(14)1-3-20-12-8(15)5-7(6-9(12)16)19-4-2-11(17)18/h1-2,5-6H,3-4H2. The zero-order chi connectivity index (χ0) is 15.1. The van der Waals surface area contributed by atoms with E-state index in [1.165, 1.54) is 6.08 Å². The van der Waals surface area contributed by atoms with Gasteiger partial charge in [-0.15, -0.1) is 0 Å². The van der Waals surface area contributed by atoms with Gasteiger partial charge in [0.1, 0.15) is 23.5 Å². The van der Waals surface area contributed by atoms with Crippen LogP contribution in [0.4, 0.5) is 0 Å². The van der Waals surface area contributed by atoms with Crippen molar-refractivity contribution in [2.24, 2.45) is 0 Å². The minimum absolute atomic E-state index is 0.134. The monoisotopic (exact) mass is 482 g/mol. The molecule has 0 aromatic heterocycles. The van der Waals surface area contributed by atoms with Crippen LogP contribution in [0, 0.1) is 0 Å². The highest BCUT2D eigenvalue weighted by molar-refractivity contribution is 9.28. The van der Waals surface area contributed by atoms with Gasteiger partial charge in [0, 0.05) is 12.1 Å². The summed E-state index contributed by atoms with van der Waals surface area (Å²) in [6, 6.07) is 3.21. The Kier molecular flexibility index (Phi) is 8.72. The number of ether oxygens (including phenoxy) is 2. The molecule has 8 heteroatoms. The van der Waals surface area contributed by atoms with Gasteiger partial charge >= 0.3 is 0 Å². The molecule has 0 amide bonds. The van der Waals surface area contributed by atoms with Crippen LogP contribution in [0.1, 0.15) is 0 Å². The van der Waals surface area contributed by atoms with E-state index in [-0.39, 0.29) is 11.1 Å². The number of halogens is 6. The summed E-state index contributed by atoms with van der Waals surface area (Å²) in [4.78, 5) is 0. The summed E-state index contributed by atoms with van der Waals surface area (Å²) in [6.45, 7) is 0.532. The first kappa shape index (κ1) is 18.5. The second-order valence-electron chi connectivity index (χ2n) is 3.33. The van der Waals surface area contributed by atoms with E-state index in [1.807, 2.05) is 0 Å². The molecule has 0 aliphatic rings. The van der Waals surface area contributed by atoms with Crippen LogP contribution in [0.3, 0.4) is 0 Å². The maximum Gasteiger partial charge on any atom is 0.157 e. The highest BCUT2D eigenvalue weighted by atomic mass is 79.9. The van der Waals surface area contributed by atoms with Gasteiger partial charge < -0.3 is 9.47 Å². The van der Waals surface area contributed by atoms with Crippen molar-refractivity contribution in [3.8, 4) is 11.5 Å². The molecule has 0 aliphatic carbocycles. The van der Waals surface area contributed by atoms with Crippen LogP contribution in [0.15, 0.2) is 32.2 Å². The van der Waals surface area contributed by atoms with Crippen LogP contribution in [0.2, 0.25) is 10.0 Å². The van der Waals surface area contributed by atoms with Crippen LogP contribution >= 0.6 is 78.3 Å². The van der Waals surface area contributed by atoms with E-state index in [1.54, 1.807) is 18.2 Å². The highest BCUT2D eigenvalue weighted by Crippen LogP contribution is 2.37. The van der Waals surface area contributed by atoms with Crippen LogP contribution in [-0.4, -0.2) is 13.2 Å². The Morgan fingerprint density at radius 1 is 1.00 bits per heavy atom. The number of benzene rings is 1. The molecule has 0 heterocycles. The molecule has 0 atom stereocenters. The van der Waals surface area contributed by atoms with Crippen molar-refractivity contribution < 1.29 is 9.47 Å². The summed E-state index contributed by atoms with van der Waals surface area (Å²) in [7, 11) is 0. The fourth-order valence-corrected chi connectivity index (χ4v) is 2.11. The fraction of sp³-hybridized carbons (Fsp3) is 0.167. The van der Waals surface area contributed by atoms with Crippen LogP contribution in [-0.2, 0) is 0 Å². The van der Waals surface area contributed by atoms with Gasteiger partial charge in [0.2, 0.25) is 0 Å². The molecule has 0 saturated heterocycles. The summed E-state index contributed by atoms with van der Waals surface area (Å²) in [5.41, 5.74) is 0. The summed E-state index contributed by atoms with van der Waals surface area (Å²) in [6.07, 6.45) is 3.28. The molecule has 1 rings (SSSR count). The van der Waals surface area contributed by atoms with Crippen LogP contribution in [0.25, 0.3) is 0 Å². The number of hydrogen-bond donors (Lipinski definition) is 0. The van der Waals surface area contributed by atoms with Gasteiger partial charge in [-0.3, -0.25) is 0 Å². The summed E-state index contributed by atoms with van der Waals surface area (Å²) in [5.74, 6) is 0.888. The smallest absolute Gasteiger partial charge is 0.157 e. The zero-order valence-corrected chi connectivity index (χ0v) is 16.0. The van der Waals surface area contributed by atoms with Gasteiger partial charge in [-0.2, -0.15) is 0 Å². The van der Waals surface area contributed by atoms with Crippen molar-refractivity contribution in [2.45, 2.75) is 0 Å². The lowest BCUT2D eigenvalue weighted by molar-refractivity contribution is 0.353. The second-order valence-corrected chi connectivity index (χ2v) is 7.92. The Morgan fingerprint density at radius 2 is 1.55 bits per heavy atom. The summed E-state index contributed by atoms with van der Waals surface area (Å²) >= 11 is 29.6.